The highest BCUT2D eigenvalue weighted by molar-refractivity contribution is 7.97. The molecule has 12 heteroatoms. The molecule has 1 amide bonds. The number of hydrogen-bond donors (Lipinski definition) is 5. The van der Waals surface area contributed by atoms with E-state index in [9.17, 15) is 27.9 Å². The van der Waals surface area contributed by atoms with E-state index >= 15 is 0 Å². The first-order valence-corrected chi connectivity index (χ1v) is 13.2. The highest BCUT2D eigenvalue weighted by atomic mass is 32.2. The normalized spacial score (nSPS) is 12.7. The van der Waals surface area contributed by atoms with Crippen molar-refractivity contribution in [3.05, 3.63) is 66.2 Å². The lowest BCUT2D eigenvalue weighted by Gasteiger charge is -2.19. The maximum absolute atomic E-state index is 13.3. The van der Waals surface area contributed by atoms with Crippen LogP contribution in [0.1, 0.15) is 37.6 Å². The highest BCUT2D eigenvalue weighted by Gasteiger charge is 2.38. The third-order valence-corrected chi connectivity index (χ3v) is 6.35. The molecule has 2 atom stereocenters. The van der Waals surface area contributed by atoms with Crippen molar-refractivity contribution in [2.24, 2.45) is 11.1 Å². The van der Waals surface area contributed by atoms with Gasteiger partial charge < -0.3 is 20.8 Å². The van der Waals surface area contributed by atoms with Crippen molar-refractivity contribution in [1.82, 2.24) is 5.32 Å². The quantitative estimate of drug-likeness (QED) is 0.191. The lowest BCUT2D eigenvalue weighted by molar-refractivity contribution is -0.192. The number of halogens is 3. The Kier molecular flexibility index (Phi) is 11.8. The van der Waals surface area contributed by atoms with Crippen LogP contribution in [0, 0.1) is 5.92 Å². The standard InChI is InChI=1S/C26H31N3O3S.C2HF3O2/c1-16(2)13-24(26(31)32)29-25(30)22-12-11-19(28-15-17(3)33-27)14-23(22)21-10-6-8-18-7-4-5-9-20(18)21;3-2(4,5)1(6)7/h4-12,14,16-17,24,28H,13,15,27H2,1-3H3,(H,29,30)(H,31,32);(H,6,7). The van der Waals surface area contributed by atoms with Crippen LogP contribution in [0.25, 0.3) is 21.9 Å². The molecule has 216 valence electrons. The summed E-state index contributed by atoms with van der Waals surface area (Å²) in [6.45, 7) is 6.58. The molecule has 0 bridgehead atoms. The molecule has 0 aliphatic rings. The number of anilines is 1. The third kappa shape index (κ3) is 9.45. The van der Waals surface area contributed by atoms with Gasteiger partial charge in [0, 0.05) is 23.0 Å². The van der Waals surface area contributed by atoms with Crippen LogP contribution in [-0.2, 0) is 9.59 Å². The molecule has 0 aromatic heterocycles. The number of nitrogens with one attached hydrogen (secondary N) is 2. The number of amides is 1. The van der Waals surface area contributed by atoms with Crippen molar-refractivity contribution in [3.8, 4) is 11.1 Å². The Morgan fingerprint density at radius 3 is 2.15 bits per heavy atom. The molecule has 3 rings (SSSR count). The summed E-state index contributed by atoms with van der Waals surface area (Å²) >= 11 is 1.29. The van der Waals surface area contributed by atoms with Gasteiger partial charge in [0.15, 0.2) is 0 Å². The largest absolute Gasteiger partial charge is 0.490 e. The van der Waals surface area contributed by atoms with E-state index in [0.717, 1.165) is 27.6 Å². The summed E-state index contributed by atoms with van der Waals surface area (Å²) in [4.78, 5) is 33.9. The minimum Gasteiger partial charge on any atom is -0.480 e. The van der Waals surface area contributed by atoms with Gasteiger partial charge in [-0.15, -0.1) is 0 Å². The minimum absolute atomic E-state index is 0.137. The number of benzene rings is 3. The average Bonchev–Trinajstić information content (AvgIpc) is 2.90. The van der Waals surface area contributed by atoms with Crippen LogP contribution in [-0.4, -0.2) is 52.1 Å². The fourth-order valence-corrected chi connectivity index (χ4v) is 3.95. The van der Waals surface area contributed by atoms with Gasteiger partial charge in [0.2, 0.25) is 0 Å². The van der Waals surface area contributed by atoms with Crippen LogP contribution in [0.15, 0.2) is 60.7 Å². The molecule has 0 fully saturated rings. The van der Waals surface area contributed by atoms with Crippen molar-refractivity contribution >= 4 is 46.3 Å². The van der Waals surface area contributed by atoms with Crippen LogP contribution < -0.4 is 15.8 Å². The second-order valence-corrected chi connectivity index (χ2v) is 10.5. The Morgan fingerprint density at radius 1 is 0.950 bits per heavy atom. The number of carbonyl (C=O) groups excluding carboxylic acids is 1. The lowest BCUT2D eigenvalue weighted by Crippen LogP contribution is -2.41. The predicted octanol–water partition coefficient (Wildman–Crippen LogP) is 5.78. The van der Waals surface area contributed by atoms with Crippen LogP contribution >= 0.6 is 11.9 Å². The fourth-order valence-electron chi connectivity index (χ4n) is 3.77. The number of aliphatic carboxylic acids is 2. The van der Waals surface area contributed by atoms with Crippen molar-refractivity contribution in [2.75, 3.05) is 11.9 Å². The van der Waals surface area contributed by atoms with Crippen molar-refractivity contribution in [2.45, 2.75) is 44.7 Å². The molecule has 0 saturated heterocycles. The predicted molar refractivity (Wildman–Crippen MR) is 151 cm³/mol. The monoisotopic (exact) mass is 579 g/mol. The molecule has 2 unspecified atom stereocenters. The van der Waals surface area contributed by atoms with E-state index in [0.29, 0.717) is 18.5 Å². The molecule has 0 radical (unpaired) electrons. The first kappa shape index (κ1) is 32.4. The molecule has 0 aliphatic carbocycles. The SMILES string of the molecule is CC(C)CC(NC(=O)c1ccc(NCC(C)SN)cc1-c1cccc2ccccc12)C(=O)O.O=C(O)C(F)(F)F. The van der Waals surface area contributed by atoms with Gasteiger partial charge >= 0.3 is 18.1 Å². The second-order valence-electron chi connectivity index (χ2n) is 9.41. The van der Waals surface area contributed by atoms with Crippen molar-refractivity contribution < 1.29 is 37.8 Å². The van der Waals surface area contributed by atoms with E-state index in [4.69, 9.17) is 15.0 Å². The summed E-state index contributed by atoms with van der Waals surface area (Å²) < 4.78 is 31.7. The minimum atomic E-state index is -5.08. The summed E-state index contributed by atoms with van der Waals surface area (Å²) in [5.74, 6) is -4.05. The zero-order chi connectivity index (χ0) is 30.0. The highest BCUT2D eigenvalue weighted by Crippen LogP contribution is 2.33. The summed E-state index contributed by atoms with van der Waals surface area (Å²) in [7, 11) is 0. The van der Waals surface area contributed by atoms with E-state index in [1.165, 1.54) is 11.9 Å². The Morgan fingerprint density at radius 2 is 1.57 bits per heavy atom. The smallest absolute Gasteiger partial charge is 0.480 e. The van der Waals surface area contributed by atoms with Gasteiger partial charge in [0.05, 0.1) is 0 Å². The van der Waals surface area contributed by atoms with Crippen LogP contribution in [0.5, 0.6) is 0 Å². The lowest BCUT2D eigenvalue weighted by atomic mass is 9.93. The van der Waals surface area contributed by atoms with E-state index in [1.807, 2.05) is 75.4 Å². The topological polar surface area (TPSA) is 142 Å². The Balaban J connectivity index is 0.000000708. The molecule has 3 aromatic carbocycles. The average molecular weight is 580 g/mol. The first-order valence-electron chi connectivity index (χ1n) is 12.3. The Bertz CT molecular complexity index is 1330. The molecule has 3 aromatic rings. The molecular formula is C28H32F3N3O5S. The molecule has 0 spiro atoms. The number of carboxylic acids is 2. The number of fused-ring (bicyclic) bond motifs is 1. The van der Waals surface area contributed by atoms with Gasteiger partial charge in [0.1, 0.15) is 6.04 Å². The van der Waals surface area contributed by atoms with Crippen LogP contribution in [0.3, 0.4) is 0 Å². The van der Waals surface area contributed by atoms with Gasteiger partial charge in [-0.3, -0.25) is 9.93 Å². The molecule has 0 saturated carbocycles. The molecule has 6 N–H and O–H groups in total. The summed E-state index contributed by atoms with van der Waals surface area (Å²) in [5.41, 5.74) is 2.97. The van der Waals surface area contributed by atoms with E-state index < -0.39 is 30.1 Å². The van der Waals surface area contributed by atoms with Gasteiger partial charge in [-0.05, 0) is 52.4 Å². The van der Waals surface area contributed by atoms with Crippen LogP contribution in [0.2, 0.25) is 0 Å². The Hall–Kier alpha value is -3.77. The number of hydrogen-bond acceptors (Lipinski definition) is 6. The van der Waals surface area contributed by atoms with Gasteiger partial charge in [-0.1, -0.05) is 75.2 Å². The molecule has 8 nitrogen and oxygen atoms in total. The maximum Gasteiger partial charge on any atom is 0.490 e. The first-order chi connectivity index (χ1) is 18.7. The fraction of sp³-hybridized carbons (Fsp3) is 0.321. The van der Waals surface area contributed by atoms with E-state index in [2.05, 4.69) is 10.6 Å². The third-order valence-electron chi connectivity index (χ3n) is 5.72. The summed E-state index contributed by atoms with van der Waals surface area (Å²) in [5, 5.41) is 30.8. The van der Waals surface area contributed by atoms with E-state index in [-0.39, 0.29) is 11.2 Å². The number of alkyl halides is 3. The summed E-state index contributed by atoms with van der Waals surface area (Å²) in [6, 6.07) is 18.6. The number of nitrogens with two attached hydrogens (primary N) is 1. The van der Waals surface area contributed by atoms with Crippen LogP contribution in [0.4, 0.5) is 18.9 Å². The summed E-state index contributed by atoms with van der Waals surface area (Å²) in [6.07, 6.45) is -4.72. The maximum atomic E-state index is 13.3. The molecule has 40 heavy (non-hydrogen) atoms. The second kappa shape index (κ2) is 14.6. The zero-order valence-corrected chi connectivity index (χ0v) is 23.0. The zero-order valence-electron chi connectivity index (χ0n) is 22.2. The van der Waals surface area contributed by atoms with Gasteiger partial charge in [0.25, 0.3) is 5.91 Å². The molecule has 0 heterocycles. The molecule has 0 aliphatic heterocycles. The number of carbonyl (C=O) groups is 3. The Labute approximate surface area is 234 Å². The van der Waals surface area contributed by atoms with Crippen molar-refractivity contribution in [3.63, 3.8) is 0 Å². The van der Waals surface area contributed by atoms with Gasteiger partial charge in [-0.25, -0.2) is 9.59 Å². The van der Waals surface area contributed by atoms with Gasteiger partial charge in [-0.2, -0.15) is 13.2 Å². The molecular weight excluding hydrogens is 547 g/mol. The number of carboxylic acid groups (broad SMARTS) is 2. The van der Waals surface area contributed by atoms with E-state index in [1.54, 1.807) is 6.07 Å². The van der Waals surface area contributed by atoms with Crippen molar-refractivity contribution in [1.29, 1.82) is 0 Å². The number of rotatable bonds is 10.